The Balaban J connectivity index is 1.92. The Morgan fingerprint density at radius 1 is 1.09 bits per heavy atom. The predicted molar refractivity (Wildman–Crippen MR) is 94.4 cm³/mol. The van der Waals surface area contributed by atoms with Crippen LogP contribution < -0.4 is 20.1 Å². The molecule has 23 heavy (non-hydrogen) atoms. The van der Waals surface area contributed by atoms with Crippen molar-refractivity contribution in [2.45, 2.75) is 6.42 Å². The zero-order valence-corrected chi connectivity index (χ0v) is 14.6. The van der Waals surface area contributed by atoms with Crippen molar-refractivity contribution in [3.05, 3.63) is 52.5 Å². The molecule has 0 heterocycles. The highest BCUT2D eigenvalue weighted by Gasteiger charge is 2.11. The fourth-order valence-corrected chi connectivity index (χ4v) is 2.50. The molecule has 2 aromatic carbocycles. The van der Waals surface area contributed by atoms with Crippen molar-refractivity contribution in [1.29, 1.82) is 0 Å². The van der Waals surface area contributed by atoms with Gasteiger partial charge in [-0.2, -0.15) is 0 Å². The van der Waals surface area contributed by atoms with E-state index in [1.54, 1.807) is 26.4 Å². The maximum Gasteiger partial charge on any atom is 0.319 e. The Kier molecular flexibility index (Phi) is 6.29. The van der Waals surface area contributed by atoms with Crippen molar-refractivity contribution in [1.82, 2.24) is 5.32 Å². The maximum absolute atomic E-state index is 12.0. The number of nitrogens with one attached hydrogen (secondary N) is 2. The van der Waals surface area contributed by atoms with E-state index in [2.05, 4.69) is 26.6 Å². The highest BCUT2D eigenvalue weighted by Crippen LogP contribution is 2.36. The molecule has 2 rings (SSSR count). The van der Waals surface area contributed by atoms with E-state index in [1.807, 2.05) is 30.3 Å². The van der Waals surface area contributed by atoms with E-state index in [0.29, 0.717) is 28.2 Å². The second-order valence-corrected chi connectivity index (χ2v) is 5.66. The third-order valence-corrected chi connectivity index (χ3v) is 3.92. The molecule has 0 saturated carbocycles. The summed E-state index contributed by atoms with van der Waals surface area (Å²) in [6, 6.07) is 13.2. The highest BCUT2D eigenvalue weighted by molar-refractivity contribution is 9.10. The average Bonchev–Trinajstić information content (AvgIpc) is 2.57. The summed E-state index contributed by atoms with van der Waals surface area (Å²) in [6.45, 7) is 0.556. The van der Waals surface area contributed by atoms with Crippen LogP contribution in [-0.2, 0) is 6.42 Å². The summed E-state index contributed by atoms with van der Waals surface area (Å²) in [5, 5.41) is 5.62. The molecule has 0 atom stereocenters. The third-order valence-electron chi connectivity index (χ3n) is 3.26. The van der Waals surface area contributed by atoms with Gasteiger partial charge in [0.15, 0.2) is 11.5 Å². The van der Waals surface area contributed by atoms with E-state index in [4.69, 9.17) is 9.47 Å². The molecule has 2 amide bonds. The van der Waals surface area contributed by atoms with Crippen molar-refractivity contribution in [3.8, 4) is 11.5 Å². The molecule has 0 aliphatic rings. The number of ether oxygens (including phenoxy) is 2. The minimum Gasteiger partial charge on any atom is -0.493 e. The molecule has 0 unspecified atom stereocenters. The van der Waals surface area contributed by atoms with Crippen LogP contribution in [0.2, 0.25) is 0 Å². The lowest BCUT2D eigenvalue weighted by Crippen LogP contribution is -2.30. The lowest BCUT2D eigenvalue weighted by molar-refractivity contribution is 0.252. The van der Waals surface area contributed by atoms with Crippen LogP contribution in [0.25, 0.3) is 0 Å². The summed E-state index contributed by atoms with van der Waals surface area (Å²) in [7, 11) is 3.11. The number of methoxy groups -OCH3 is 2. The second-order valence-electron chi connectivity index (χ2n) is 4.80. The molecule has 0 spiro atoms. The molecule has 0 aliphatic heterocycles. The average molecular weight is 379 g/mol. The van der Waals surface area contributed by atoms with E-state index in [1.165, 1.54) is 5.56 Å². The molecular weight excluding hydrogens is 360 g/mol. The smallest absolute Gasteiger partial charge is 0.319 e. The van der Waals surface area contributed by atoms with Crippen LogP contribution in [0.1, 0.15) is 5.56 Å². The molecule has 122 valence electrons. The Morgan fingerprint density at radius 2 is 1.74 bits per heavy atom. The van der Waals surface area contributed by atoms with E-state index in [0.717, 1.165) is 6.42 Å². The molecule has 0 aliphatic carbocycles. The van der Waals surface area contributed by atoms with Gasteiger partial charge in [-0.3, -0.25) is 0 Å². The Hall–Kier alpha value is -2.21. The van der Waals surface area contributed by atoms with Gasteiger partial charge in [0, 0.05) is 23.2 Å². The fourth-order valence-electron chi connectivity index (χ4n) is 2.08. The summed E-state index contributed by atoms with van der Waals surface area (Å²) in [6.07, 6.45) is 0.779. The van der Waals surface area contributed by atoms with Gasteiger partial charge in [-0.1, -0.05) is 30.3 Å². The zero-order chi connectivity index (χ0) is 16.7. The summed E-state index contributed by atoms with van der Waals surface area (Å²) in [5.41, 5.74) is 1.79. The van der Waals surface area contributed by atoms with Crippen LogP contribution >= 0.6 is 15.9 Å². The number of halogens is 1. The summed E-state index contributed by atoms with van der Waals surface area (Å²) >= 11 is 3.41. The first-order valence-electron chi connectivity index (χ1n) is 7.14. The van der Waals surface area contributed by atoms with E-state index in [-0.39, 0.29) is 6.03 Å². The molecule has 0 fully saturated rings. The monoisotopic (exact) mass is 378 g/mol. The number of carbonyl (C=O) groups is 1. The Bertz CT molecular complexity index is 662. The normalized spacial score (nSPS) is 10.0. The van der Waals surface area contributed by atoms with Gasteiger partial charge in [-0.05, 0) is 27.9 Å². The number of anilines is 1. The van der Waals surface area contributed by atoms with E-state index >= 15 is 0 Å². The van der Waals surface area contributed by atoms with Crippen LogP contribution in [0.15, 0.2) is 46.9 Å². The van der Waals surface area contributed by atoms with Crippen molar-refractivity contribution >= 4 is 27.6 Å². The van der Waals surface area contributed by atoms with Crippen LogP contribution in [0.3, 0.4) is 0 Å². The van der Waals surface area contributed by atoms with Crippen molar-refractivity contribution in [2.24, 2.45) is 0 Å². The molecule has 0 saturated heterocycles. The van der Waals surface area contributed by atoms with Crippen molar-refractivity contribution in [2.75, 3.05) is 26.1 Å². The number of carbonyl (C=O) groups excluding carboxylic acids is 1. The molecule has 0 aromatic heterocycles. The molecule has 0 bridgehead atoms. The van der Waals surface area contributed by atoms with Gasteiger partial charge >= 0.3 is 6.03 Å². The van der Waals surface area contributed by atoms with E-state index < -0.39 is 0 Å². The third kappa shape index (κ3) is 4.89. The molecule has 6 heteroatoms. The number of rotatable bonds is 6. The SMILES string of the molecule is COc1cc(Br)c(NC(=O)NCCc2ccccc2)cc1OC. The quantitative estimate of drug-likeness (QED) is 0.802. The van der Waals surface area contributed by atoms with Gasteiger partial charge in [-0.25, -0.2) is 4.79 Å². The largest absolute Gasteiger partial charge is 0.493 e. The molecular formula is C17H19BrN2O3. The second kappa shape index (κ2) is 8.43. The fraction of sp³-hybridized carbons (Fsp3) is 0.235. The van der Waals surface area contributed by atoms with Gasteiger partial charge < -0.3 is 20.1 Å². The summed E-state index contributed by atoms with van der Waals surface area (Å²) < 4.78 is 11.2. The van der Waals surface area contributed by atoms with Crippen LogP contribution in [0, 0.1) is 0 Å². The Morgan fingerprint density at radius 3 is 2.39 bits per heavy atom. The summed E-state index contributed by atoms with van der Waals surface area (Å²) in [5.74, 6) is 1.14. The number of benzene rings is 2. The Labute approximate surface area is 144 Å². The van der Waals surface area contributed by atoms with Gasteiger partial charge in [0.2, 0.25) is 0 Å². The van der Waals surface area contributed by atoms with Gasteiger partial charge in [0.1, 0.15) is 0 Å². The van der Waals surface area contributed by atoms with Gasteiger partial charge in [0.25, 0.3) is 0 Å². The zero-order valence-electron chi connectivity index (χ0n) is 13.1. The predicted octanol–water partition coefficient (Wildman–Crippen LogP) is 3.83. The van der Waals surface area contributed by atoms with Gasteiger partial charge in [0.05, 0.1) is 19.9 Å². The lowest BCUT2D eigenvalue weighted by Gasteiger charge is -2.13. The minimum atomic E-state index is -0.270. The first kappa shape index (κ1) is 17.1. The number of hydrogen-bond donors (Lipinski definition) is 2. The number of amides is 2. The molecule has 2 aromatic rings. The van der Waals surface area contributed by atoms with Crippen LogP contribution in [0.4, 0.5) is 10.5 Å². The maximum atomic E-state index is 12.0. The van der Waals surface area contributed by atoms with Crippen LogP contribution in [-0.4, -0.2) is 26.8 Å². The number of hydrogen-bond acceptors (Lipinski definition) is 3. The van der Waals surface area contributed by atoms with Crippen molar-refractivity contribution < 1.29 is 14.3 Å². The first-order valence-corrected chi connectivity index (χ1v) is 7.93. The topological polar surface area (TPSA) is 59.6 Å². The highest BCUT2D eigenvalue weighted by atomic mass is 79.9. The lowest BCUT2D eigenvalue weighted by atomic mass is 10.1. The van der Waals surface area contributed by atoms with E-state index in [9.17, 15) is 4.79 Å². The first-order chi connectivity index (χ1) is 11.1. The summed E-state index contributed by atoms with van der Waals surface area (Å²) in [4.78, 5) is 12.0. The van der Waals surface area contributed by atoms with Crippen molar-refractivity contribution in [3.63, 3.8) is 0 Å². The molecule has 2 N–H and O–H groups in total. The molecule has 5 nitrogen and oxygen atoms in total. The standard InChI is InChI=1S/C17H19BrN2O3/c1-22-15-10-13(18)14(11-16(15)23-2)20-17(21)19-9-8-12-6-4-3-5-7-12/h3-7,10-11H,8-9H2,1-2H3,(H2,19,20,21). The molecule has 0 radical (unpaired) electrons. The minimum absolute atomic E-state index is 0.270. The number of urea groups is 1. The van der Waals surface area contributed by atoms with Gasteiger partial charge in [-0.15, -0.1) is 0 Å². The van der Waals surface area contributed by atoms with Crippen LogP contribution in [0.5, 0.6) is 11.5 Å².